The van der Waals surface area contributed by atoms with Gasteiger partial charge in [-0.2, -0.15) is 0 Å². The third-order valence-corrected chi connectivity index (χ3v) is 3.82. The molecule has 0 bridgehead atoms. The summed E-state index contributed by atoms with van der Waals surface area (Å²) in [4.78, 5) is 27.9. The highest BCUT2D eigenvalue weighted by atomic mass is 16.2. The fourth-order valence-corrected chi connectivity index (χ4v) is 2.66. The Balaban J connectivity index is 1.85. The Labute approximate surface area is 133 Å². The molecule has 0 spiro atoms. The number of tetrazole rings is 1. The second kappa shape index (κ2) is 6.15. The molecule has 23 heavy (non-hydrogen) atoms. The van der Waals surface area contributed by atoms with E-state index in [2.05, 4.69) is 15.5 Å². The van der Waals surface area contributed by atoms with Gasteiger partial charge in [-0.05, 0) is 35.9 Å². The molecule has 1 fully saturated rings. The lowest BCUT2D eigenvalue weighted by Gasteiger charge is -2.19. The number of hydrogen-bond acceptors (Lipinski definition) is 5. The number of nitrogens with zero attached hydrogens (tertiary/aromatic N) is 6. The molecule has 2 heterocycles. The summed E-state index contributed by atoms with van der Waals surface area (Å²) < 4.78 is 1.62. The maximum Gasteiger partial charge on any atom is 0.332 e. The van der Waals surface area contributed by atoms with Crippen LogP contribution in [0.3, 0.4) is 0 Å². The zero-order valence-corrected chi connectivity index (χ0v) is 13.1. The topological polar surface area (TPSA) is 84.2 Å². The van der Waals surface area contributed by atoms with E-state index in [1.807, 2.05) is 37.3 Å². The highest BCUT2D eigenvalue weighted by Crippen LogP contribution is 2.26. The van der Waals surface area contributed by atoms with E-state index in [-0.39, 0.29) is 18.5 Å². The number of urea groups is 1. The Morgan fingerprint density at radius 1 is 1.17 bits per heavy atom. The van der Waals surface area contributed by atoms with Gasteiger partial charge in [-0.1, -0.05) is 25.1 Å². The number of carbonyl (C=O) groups is 2. The molecule has 0 radical (unpaired) electrons. The summed E-state index contributed by atoms with van der Waals surface area (Å²) in [6.45, 7) is 4.47. The van der Waals surface area contributed by atoms with E-state index in [9.17, 15) is 9.59 Å². The third-order valence-electron chi connectivity index (χ3n) is 3.82. The maximum atomic E-state index is 12.7. The number of anilines is 1. The van der Waals surface area contributed by atoms with Crippen molar-refractivity contribution in [3.8, 4) is 0 Å². The quantitative estimate of drug-likeness (QED) is 0.780. The number of benzene rings is 1. The van der Waals surface area contributed by atoms with Crippen molar-refractivity contribution in [2.75, 3.05) is 4.90 Å². The Bertz CT molecular complexity index is 714. The number of aromatic nitrogens is 4. The van der Waals surface area contributed by atoms with E-state index >= 15 is 0 Å². The molecule has 1 aliphatic heterocycles. The van der Waals surface area contributed by atoms with Crippen LogP contribution in [-0.4, -0.2) is 43.1 Å². The lowest BCUT2D eigenvalue weighted by Crippen LogP contribution is -2.34. The van der Waals surface area contributed by atoms with E-state index in [1.54, 1.807) is 11.6 Å². The monoisotopic (exact) mass is 314 g/mol. The molecule has 120 valence electrons. The van der Waals surface area contributed by atoms with Crippen molar-refractivity contribution >= 4 is 17.6 Å². The molecule has 3 amide bonds. The van der Waals surface area contributed by atoms with Crippen molar-refractivity contribution in [1.29, 1.82) is 0 Å². The first-order chi connectivity index (χ1) is 11.1. The highest BCUT2D eigenvalue weighted by molar-refractivity contribution is 6.13. The summed E-state index contributed by atoms with van der Waals surface area (Å²) in [5.74, 6) is 0.264. The van der Waals surface area contributed by atoms with Crippen LogP contribution >= 0.6 is 0 Å². The molecule has 1 aromatic heterocycles. The number of amides is 3. The molecule has 0 saturated carbocycles. The molecule has 1 aromatic carbocycles. The van der Waals surface area contributed by atoms with E-state index < -0.39 is 6.04 Å². The minimum Gasteiger partial charge on any atom is -0.282 e. The highest BCUT2D eigenvalue weighted by Gasteiger charge is 2.43. The van der Waals surface area contributed by atoms with Gasteiger partial charge in [0, 0.05) is 12.2 Å². The van der Waals surface area contributed by atoms with Crippen LogP contribution < -0.4 is 4.90 Å². The molecule has 1 aliphatic rings. The predicted octanol–water partition coefficient (Wildman–Crippen LogP) is 1.44. The SMILES string of the molecule is CCCn1nnnc1CN1C(=O)C(C)N(c2ccccc2)C1=O. The van der Waals surface area contributed by atoms with Crippen molar-refractivity contribution in [1.82, 2.24) is 25.1 Å². The average Bonchev–Trinajstić information content (AvgIpc) is 3.08. The number of carbonyl (C=O) groups excluding carboxylic acids is 2. The molecule has 3 rings (SSSR count). The van der Waals surface area contributed by atoms with Gasteiger partial charge in [0.1, 0.15) is 6.04 Å². The van der Waals surface area contributed by atoms with Gasteiger partial charge in [-0.25, -0.2) is 9.48 Å². The van der Waals surface area contributed by atoms with Gasteiger partial charge < -0.3 is 0 Å². The first kappa shape index (κ1) is 15.1. The van der Waals surface area contributed by atoms with Crippen molar-refractivity contribution in [2.24, 2.45) is 0 Å². The van der Waals surface area contributed by atoms with Gasteiger partial charge in [-0.15, -0.1) is 5.10 Å². The van der Waals surface area contributed by atoms with Crippen molar-refractivity contribution in [3.63, 3.8) is 0 Å². The van der Waals surface area contributed by atoms with Crippen molar-refractivity contribution < 1.29 is 9.59 Å². The summed E-state index contributed by atoms with van der Waals surface area (Å²) >= 11 is 0. The number of hydrogen-bond donors (Lipinski definition) is 0. The standard InChI is InChI=1S/C15H18N6O2/c1-3-9-20-13(16-17-18-20)10-19-14(22)11(2)21(15(19)23)12-7-5-4-6-8-12/h4-8,11H,3,9-10H2,1-2H3. The second-order valence-corrected chi connectivity index (χ2v) is 5.41. The van der Waals surface area contributed by atoms with Crippen LogP contribution in [-0.2, 0) is 17.9 Å². The molecule has 1 unspecified atom stereocenters. The smallest absolute Gasteiger partial charge is 0.282 e. The summed E-state index contributed by atoms with van der Waals surface area (Å²) in [6, 6.07) is 8.28. The molecule has 0 N–H and O–H groups in total. The largest absolute Gasteiger partial charge is 0.332 e. The van der Waals surface area contributed by atoms with Crippen LogP contribution in [0.2, 0.25) is 0 Å². The molecule has 1 atom stereocenters. The van der Waals surface area contributed by atoms with Gasteiger partial charge in [0.05, 0.1) is 6.54 Å². The summed E-state index contributed by atoms with van der Waals surface area (Å²) in [5.41, 5.74) is 0.703. The first-order valence-electron chi connectivity index (χ1n) is 7.58. The minimum atomic E-state index is -0.541. The van der Waals surface area contributed by atoms with Gasteiger partial charge in [0.2, 0.25) is 0 Å². The second-order valence-electron chi connectivity index (χ2n) is 5.41. The first-order valence-corrected chi connectivity index (χ1v) is 7.58. The Kier molecular flexibility index (Phi) is 4.05. The molecule has 2 aromatic rings. The summed E-state index contributed by atoms with van der Waals surface area (Å²) in [6.07, 6.45) is 0.868. The zero-order chi connectivity index (χ0) is 16.4. The summed E-state index contributed by atoms with van der Waals surface area (Å²) in [7, 11) is 0. The molecule has 8 heteroatoms. The zero-order valence-electron chi connectivity index (χ0n) is 13.1. The Morgan fingerprint density at radius 3 is 2.61 bits per heavy atom. The molecular weight excluding hydrogens is 296 g/mol. The van der Waals surface area contributed by atoms with E-state index in [4.69, 9.17) is 0 Å². The predicted molar refractivity (Wildman–Crippen MR) is 82.4 cm³/mol. The fourth-order valence-electron chi connectivity index (χ4n) is 2.66. The molecular formula is C15H18N6O2. The summed E-state index contributed by atoms with van der Waals surface area (Å²) in [5, 5.41) is 11.4. The van der Waals surface area contributed by atoms with Gasteiger partial charge in [-0.3, -0.25) is 14.6 Å². The fraction of sp³-hybridized carbons (Fsp3) is 0.400. The Hall–Kier alpha value is -2.77. The number of rotatable bonds is 5. The van der Waals surface area contributed by atoms with Crippen LogP contribution in [0.25, 0.3) is 0 Å². The lowest BCUT2D eigenvalue weighted by atomic mass is 10.2. The number of imide groups is 1. The average molecular weight is 314 g/mol. The van der Waals surface area contributed by atoms with Crippen molar-refractivity contribution in [2.45, 2.75) is 39.4 Å². The van der Waals surface area contributed by atoms with Crippen LogP contribution in [0.1, 0.15) is 26.1 Å². The van der Waals surface area contributed by atoms with Crippen LogP contribution in [0.4, 0.5) is 10.5 Å². The maximum absolute atomic E-state index is 12.7. The third kappa shape index (κ3) is 2.67. The van der Waals surface area contributed by atoms with Gasteiger partial charge in [0.15, 0.2) is 5.82 Å². The van der Waals surface area contributed by atoms with Gasteiger partial charge in [0.25, 0.3) is 5.91 Å². The van der Waals surface area contributed by atoms with E-state index in [0.717, 1.165) is 6.42 Å². The molecule has 1 saturated heterocycles. The number of aryl methyl sites for hydroxylation is 1. The normalized spacial score (nSPS) is 18.1. The van der Waals surface area contributed by atoms with Crippen LogP contribution in [0.5, 0.6) is 0 Å². The van der Waals surface area contributed by atoms with Crippen LogP contribution in [0.15, 0.2) is 30.3 Å². The lowest BCUT2D eigenvalue weighted by molar-refractivity contribution is -0.127. The molecule has 0 aliphatic carbocycles. The van der Waals surface area contributed by atoms with Gasteiger partial charge >= 0.3 is 6.03 Å². The minimum absolute atomic E-state index is 0.0817. The van der Waals surface area contributed by atoms with E-state index in [0.29, 0.717) is 18.1 Å². The van der Waals surface area contributed by atoms with Crippen molar-refractivity contribution in [3.05, 3.63) is 36.2 Å². The number of para-hydroxylation sites is 1. The van der Waals surface area contributed by atoms with E-state index in [1.165, 1.54) is 9.80 Å². The Morgan fingerprint density at radius 2 is 1.91 bits per heavy atom. The molecule has 8 nitrogen and oxygen atoms in total. The van der Waals surface area contributed by atoms with Crippen LogP contribution in [0, 0.1) is 0 Å².